The van der Waals surface area contributed by atoms with Gasteiger partial charge in [-0.2, -0.15) is 4.68 Å². The minimum Gasteiger partial charge on any atom is -0.497 e. The molecule has 19 heavy (non-hydrogen) atoms. The molecule has 6 heteroatoms. The number of ether oxygens (including phenoxy) is 1. The van der Waals surface area contributed by atoms with Crippen LogP contribution in [-0.4, -0.2) is 32.9 Å². The van der Waals surface area contributed by atoms with Gasteiger partial charge in [-0.1, -0.05) is 12.1 Å². The molecule has 0 saturated carbocycles. The van der Waals surface area contributed by atoms with Crippen LogP contribution in [0.25, 0.3) is 5.69 Å². The first-order valence-corrected chi connectivity index (χ1v) is 6.30. The van der Waals surface area contributed by atoms with E-state index in [9.17, 15) is 0 Å². The molecule has 0 fully saturated rings. The first-order valence-electron chi connectivity index (χ1n) is 6.30. The second kappa shape index (κ2) is 5.51. The molecule has 3 rings (SSSR count). The highest BCUT2D eigenvalue weighted by Crippen LogP contribution is 2.19. The Bertz CT molecular complexity index is 552. The van der Waals surface area contributed by atoms with E-state index in [2.05, 4.69) is 20.8 Å². The molecule has 1 N–H and O–H groups in total. The van der Waals surface area contributed by atoms with E-state index >= 15 is 0 Å². The molecule has 0 spiro atoms. The lowest BCUT2D eigenvalue weighted by Crippen LogP contribution is -2.23. The summed E-state index contributed by atoms with van der Waals surface area (Å²) >= 11 is 0. The zero-order chi connectivity index (χ0) is 12.9. The molecule has 1 aliphatic rings. The molecule has 2 aromatic rings. The van der Waals surface area contributed by atoms with Crippen molar-refractivity contribution in [1.82, 2.24) is 20.2 Å². The minimum absolute atomic E-state index is 0.215. The van der Waals surface area contributed by atoms with Gasteiger partial charge in [-0.25, -0.2) is 0 Å². The Morgan fingerprint density at radius 1 is 1.37 bits per heavy atom. The van der Waals surface area contributed by atoms with Crippen LogP contribution in [0.1, 0.15) is 12.8 Å². The molecule has 0 bridgehead atoms. The Morgan fingerprint density at radius 3 is 3.11 bits per heavy atom. The molecule has 1 aliphatic heterocycles. The fourth-order valence-corrected chi connectivity index (χ4v) is 2.05. The molecule has 1 atom stereocenters. The van der Waals surface area contributed by atoms with Crippen molar-refractivity contribution in [2.24, 2.45) is 0 Å². The van der Waals surface area contributed by atoms with Crippen molar-refractivity contribution in [2.75, 3.05) is 11.9 Å². The smallest absolute Gasteiger partial charge is 0.143 e. The van der Waals surface area contributed by atoms with Crippen molar-refractivity contribution in [3.05, 3.63) is 42.9 Å². The van der Waals surface area contributed by atoms with Gasteiger partial charge in [0, 0.05) is 0 Å². The highest BCUT2D eigenvalue weighted by atomic mass is 16.5. The summed E-state index contributed by atoms with van der Waals surface area (Å²) in [6.07, 6.45) is 7.74. The number of rotatable bonds is 4. The van der Waals surface area contributed by atoms with E-state index in [4.69, 9.17) is 4.74 Å². The second-order valence-corrected chi connectivity index (χ2v) is 4.36. The zero-order valence-corrected chi connectivity index (χ0v) is 10.4. The summed E-state index contributed by atoms with van der Waals surface area (Å²) in [4.78, 5) is 0. The van der Waals surface area contributed by atoms with E-state index < -0.39 is 0 Å². The van der Waals surface area contributed by atoms with Gasteiger partial charge in [-0.15, -0.1) is 5.10 Å². The Hall–Kier alpha value is -2.37. The Morgan fingerprint density at radius 2 is 2.32 bits per heavy atom. The first-order chi connectivity index (χ1) is 9.43. The van der Waals surface area contributed by atoms with Crippen LogP contribution in [0.4, 0.5) is 5.69 Å². The molecule has 1 unspecified atom stereocenters. The molecule has 0 saturated heterocycles. The normalized spacial score (nSPS) is 18.0. The number of para-hydroxylation sites is 2. The highest BCUT2D eigenvalue weighted by Gasteiger charge is 2.12. The number of tetrazole rings is 1. The molecule has 6 nitrogen and oxygen atoms in total. The summed E-state index contributed by atoms with van der Waals surface area (Å²) < 4.78 is 7.18. The Labute approximate surface area is 111 Å². The fourth-order valence-electron chi connectivity index (χ4n) is 2.05. The van der Waals surface area contributed by atoms with Crippen LogP contribution in [0.5, 0.6) is 0 Å². The monoisotopic (exact) mass is 257 g/mol. The number of anilines is 1. The van der Waals surface area contributed by atoms with Crippen LogP contribution in [-0.2, 0) is 4.74 Å². The number of hydrogen-bond donors (Lipinski definition) is 1. The SMILES string of the molecule is C1=COC(CNc2ccccc2-n2cnnn2)CC1. The largest absolute Gasteiger partial charge is 0.497 e. The van der Waals surface area contributed by atoms with Crippen LogP contribution in [0.15, 0.2) is 42.9 Å². The van der Waals surface area contributed by atoms with Gasteiger partial charge in [-0.3, -0.25) is 0 Å². The van der Waals surface area contributed by atoms with Crippen LogP contribution in [0, 0.1) is 0 Å². The van der Waals surface area contributed by atoms with Gasteiger partial charge < -0.3 is 10.1 Å². The number of aromatic nitrogens is 4. The van der Waals surface area contributed by atoms with Crippen molar-refractivity contribution in [2.45, 2.75) is 18.9 Å². The summed E-state index contributed by atoms with van der Waals surface area (Å²) in [7, 11) is 0. The maximum atomic E-state index is 5.54. The highest BCUT2D eigenvalue weighted by molar-refractivity contribution is 5.60. The van der Waals surface area contributed by atoms with Crippen molar-refractivity contribution in [3.63, 3.8) is 0 Å². The van der Waals surface area contributed by atoms with Crippen molar-refractivity contribution in [1.29, 1.82) is 0 Å². The summed E-state index contributed by atoms with van der Waals surface area (Å²) in [6, 6.07) is 7.93. The molecule has 0 radical (unpaired) electrons. The third-order valence-electron chi connectivity index (χ3n) is 3.04. The van der Waals surface area contributed by atoms with Gasteiger partial charge in [-0.05, 0) is 41.5 Å². The third kappa shape index (κ3) is 2.73. The molecule has 2 heterocycles. The lowest BCUT2D eigenvalue weighted by Gasteiger charge is -2.21. The van der Waals surface area contributed by atoms with Gasteiger partial charge in [0.25, 0.3) is 0 Å². The van der Waals surface area contributed by atoms with E-state index in [0.29, 0.717) is 0 Å². The maximum absolute atomic E-state index is 5.54. The average molecular weight is 257 g/mol. The van der Waals surface area contributed by atoms with Crippen molar-refractivity contribution < 1.29 is 4.74 Å². The molecular weight excluding hydrogens is 242 g/mol. The third-order valence-corrected chi connectivity index (χ3v) is 3.04. The van der Waals surface area contributed by atoms with Gasteiger partial charge in [0.05, 0.1) is 24.2 Å². The van der Waals surface area contributed by atoms with Crippen LogP contribution >= 0.6 is 0 Å². The number of hydrogen-bond acceptors (Lipinski definition) is 5. The summed E-state index contributed by atoms with van der Waals surface area (Å²) in [5, 5.41) is 14.6. The number of allylic oxidation sites excluding steroid dienone is 1. The average Bonchev–Trinajstić information content (AvgIpc) is 3.01. The molecule has 0 amide bonds. The lowest BCUT2D eigenvalue weighted by molar-refractivity contribution is 0.135. The summed E-state index contributed by atoms with van der Waals surface area (Å²) in [6.45, 7) is 0.767. The number of nitrogens with one attached hydrogen (secondary N) is 1. The fraction of sp³-hybridized carbons (Fsp3) is 0.308. The van der Waals surface area contributed by atoms with E-state index in [0.717, 1.165) is 30.8 Å². The summed E-state index contributed by atoms with van der Waals surface area (Å²) in [5.41, 5.74) is 1.92. The van der Waals surface area contributed by atoms with Gasteiger partial charge in [0.15, 0.2) is 0 Å². The first kappa shape index (κ1) is 11.7. The van der Waals surface area contributed by atoms with E-state index in [1.807, 2.05) is 30.3 Å². The summed E-state index contributed by atoms with van der Waals surface area (Å²) in [5.74, 6) is 0. The molecule has 0 aliphatic carbocycles. The van der Waals surface area contributed by atoms with Crippen LogP contribution in [0.3, 0.4) is 0 Å². The zero-order valence-electron chi connectivity index (χ0n) is 10.4. The Balaban J connectivity index is 1.72. The maximum Gasteiger partial charge on any atom is 0.143 e. The van der Waals surface area contributed by atoms with Crippen LogP contribution in [0.2, 0.25) is 0 Å². The number of nitrogens with zero attached hydrogens (tertiary/aromatic N) is 4. The van der Waals surface area contributed by atoms with E-state index in [1.54, 1.807) is 17.3 Å². The molecule has 98 valence electrons. The van der Waals surface area contributed by atoms with Gasteiger partial charge >= 0.3 is 0 Å². The minimum atomic E-state index is 0.215. The van der Waals surface area contributed by atoms with Gasteiger partial charge in [0.1, 0.15) is 12.4 Å². The topological polar surface area (TPSA) is 64.9 Å². The predicted molar refractivity (Wildman–Crippen MR) is 70.9 cm³/mol. The molecule has 1 aromatic carbocycles. The standard InChI is InChI=1S/C13H15N5O/c1-2-7-13(18-10-15-16-17-18)12(6-1)14-9-11-5-3-4-8-19-11/h1-2,4,6-8,10-11,14H,3,5,9H2. The number of benzene rings is 1. The molecular formula is C13H15N5O. The second-order valence-electron chi connectivity index (χ2n) is 4.36. The van der Waals surface area contributed by atoms with Crippen LogP contribution < -0.4 is 5.32 Å². The van der Waals surface area contributed by atoms with Gasteiger partial charge in [0.2, 0.25) is 0 Å². The van der Waals surface area contributed by atoms with Crippen molar-refractivity contribution >= 4 is 5.69 Å². The Kier molecular flexibility index (Phi) is 3.40. The predicted octanol–water partition coefficient (Wildman–Crippen LogP) is 1.77. The van der Waals surface area contributed by atoms with Crippen molar-refractivity contribution in [3.8, 4) is 5.69 Å². The quantitative estimate of drug-likeness (QED) is 0.904. The molecule has 1 aromatic heterocycles. The van der Waals surface area contributed by atoms with E-state index in [-0.39, 0.29) is 6.10 Å². The lowest BCUT2D eigenvalue weighted by atomic mass is 10.1. The van der Waals surface area contributed by atoms with E-state index in [1.165, 1.54) is 0 Å².